The minimum Gasteiger partial charge on any atom is -0.355 e. The van der Waals surface area contributed by atoms with E-state index in [-0.39, 0.29) is 0 Å². The third kappa shape index (κ3) is 3.70. The van der Waals surface area contributed by atoms with Crippen molar-refractivity contribution in [3.05, 3.63) is 0 Å². The molecule has 0 spiro atoms. The second-order valence-corrected chi connectivity index (χ2v) is 4.29. The average molecular weight is 212 g/mol. The zero-order valence-electron chi connectivity index (χ0n) is 10.5. The Morgan fingerprint density at radius 1 is 1.60 bits per heavy atom. The summed E-state index contributed by atoms with van der Waals surface area (Å²) in [7, 11) is 4.26. The second kappa shape index (κ2) is 5.95. The van der Waals surface area contributed by atoms with Gasteiger partial charge in [-0.3, -0.25) is 4.99 Å². The Morgan fingerprint density at radius 2 is 2.33 bits per heavy atom. The van der Waals surface area contributed by atoms with E-state index in [1.165, 1.54) is 6.42 Å². The topological polar surface area (TPSA) is 30.9 Å². The van der Waals surface area contributed by atoms with Gasteiger partial charge in [0.25, 0.3) is 0 Å². The molecule has 4 nitrogen and oxygen atoms in total. The molecule has 0 saturated heterocycles. The Morgan fingerprint density at radius 3 is 2.87 bits per heavy atom. The molecule has 88 valence electrons. The van der Waals surface area contributed by atoms with Crippen LogP contribution in [-0.4, -0.2) is 62.1 Å². The molecular formula is C11H24N4. The summed E-state index contributed by atoms with van der Waals surface area (Å²) < 4.78 is 0. The van der Waals surface area contributed by atoms with Crippen LogP contribution in [0.2, 0.25) is 0 Å². The van der Waals surface area contributed by atoms with Crippen molar-refractivity contribution in [3.63, 3.8) is 0 Å². The van der Waals surface area contributed by atoms with Gasteiger partial charge in [-0.15, -0.1) is 0 Å². The van der Waals surface area contributed by atoms with E-state index in [1.807, 2.05) is 0 Å². The maximum Gasteiger partial charge on any atom is 0.193 e. The molecule has 1 aliphatic heterocycles. The van der Waals surface area contributed by atoms with Gasteiger partial charge >= 0.3 is 0 Å². The molecule has 1 unspecified atom stereocenters. The van der Waals surface area contributed by atoms with Crippen molar-refractivity contribution in [2.75, 3.05) is 40.3 Å². The van der Waals surface area contributed by atoms with E-state index in [1.54, 1.807) is 0 Å². The number of rotatable bonds is 5. The molecule has 0 aliphatic carbocycles. The van der Waals surface area contributed by atoms with Crippen molar-refractivity contribution in [3.8, 4) is 0 Å². The van der Waals surface area contributed by atoms with Gasteiger partial charge in [0.1, 0.15) is 0 Å². The third-order valence-electron chi connectivity index (χ3n) is 3.15. The predicted molar refractivity (Wildman–Crippen MR) is 65.3 cm³/mol. The van der Waals surface area contributed by atoms with Gasteiger partial charge in [0.15, 0.2) is 5.96 Å². The second-order valence-electron chi connectivity index (χ2n) is 4.29. The first kappa shape index (κ1) is 12.3. The molecule has 1 aliphatic rings. The van der Waals surface area contributed by atoms with Crippen molar-refractivity contribution >= 4 is 5.96 Å². The quantitative estimate of drug-likeness (QED) is 0.724. The van der Waals surface area contributed by atoms with Gasteiger partial charge in [-0.1, -0.05) is 6.92 Å². The monoisotopic (exact) mass is 212 g/mol. The van der Waals surface area contributed by atoms with Gasteiger partial charge in [0, 0.05) is 32.7 Å². The lowest BCUT2D eigenvalue weighted by Crippen LogP contribution is -2.41. The zero-order valence-corrected chi connectivity index (χ0v) is 10.5. The van der Waals surface area contributed by atoms with Gasteiger partial charge < -0.3 is 15.1 Å². The highest BCUT2D eigenvalue weighted by Gasteiger charge is 2.12. The summed E-state index contributed by atoms with van der Waals surface area (Å²) in [5.74, 6) is 1.05. The van der Waals surface area contributed by atoms with Crippen LogP contribution >= 0.6 is 0 Å². The van der Waals surface area contributed by atoms with E-state index in [0.29, 0.717) is 6.04 Å². The van der Waals surface area contributed by atoms with Gasteiger partial charge in [0.2, 0.25) is 0 Å². The summed E-state index contributed by atoms with van der Waals surface area (Å²) in [4.78, 5) is 8.94. The molecule has 0 aromatic heterocycles. The molecule has 1 atom stereocenters. The Labute approximate surface area is 93.3 Å². The SMILES string of the molecule is CCC(C)N(C)CCNC1=NCCN1C. The molecule has 0 aromatic rings. The normalized spacial score (nSPS) is 18.2. The maximum absolute atomic E-state index is 4.39. The maximum atomic E-state index is 4.39. The Kier molecular flexibility index (Phi) is 4.88. The van der Waals surface area contributed by atoms with Crippen LogP contribution in [0.3, 0.4) is 0 Å². The third-order valence-corrected chi connectivity index (χ3v) is 3.15. The molecule has 0 fully saturated rings. The number of aliphatic imine (C=N–C) groups is 1. The van der Waals surface area contributed by atoms with Gasteiger partial charge in [-0.05, 0) is 20.4 Å². The highest BCUT2D eigenvalue weighted by Crippen LogP contribution is 1.99. The molecule has 4 heteroatoms. The summed E-state index contributed by atoms with van der Waals surface area (Å²) in [5, 5.41) is 3.38. The minimum absolute atomic E-state index is 0.662. The lowest BCUT2D eigenvalue weighted by Gasteiger charge is -2.24. The smallest absolute Gasteiger partial charge is 0.193 e. The predicted octanol–water partition coefficient (Wildman–Crippen LogP) is 0.608. The van der Waals surface area contributed by atoms with Crippen LogP contribution in [0.15, 0.2) is 4.99 Å². The van der Waals surface area contributed by atoms with Crippen LogP contribution < -0.4 is 5.32 Å². The van der Waals surface area contributed by atoms with Crippen molar-refractivity contribution in [2.24, 2.45) is 4.99 Å². The van der Waals surface area contributed by atoms with Crippen LogP contribution in [0.25, 0.3) is 0 Å². The number of guanidine groups is 1. The Bertz CT molecular complexity index is 215. The van der Waals surface area contributed by atoms with Crippen LogP contribution in [0, 0.1) is 0 Å². The fraction of sp³-hybridized carbons (Fsp3) is 0.909. The van der Waals surface area contributed by atoms with E-state index in [2.05, 4.69) is 48.1 Å². The highest BCUT2D eigenvalue weighted by atomic mass is 15.3. The summed E-state index contributed by atoms with van der Waals surface area (Å²) >= 11 is 0. The molecular weight excluding hydrogens is 188 g/mol. The van der Waals surface area contributed by atoms with E-state index < -0.39 is 0 Å². The summed E-state index contributed by atoms with van der Waals surface area (Å²) in [5.41, 5.74) is 0. The Hall–Kier alpha value is -0.770. The number of likely N-dealkylation sites (N-methyl/N-ethyl adjacent to an activating group) is 2. The first-order chi connectivity index (χ1) is 7.15. The van der Waals surface area contributed by atoms with Crippen molar-refractivity contribution in [2.45, 2.75) is 26.3 Å². The number of nitrogens with one attached hydrogen (secondary N) is 1. The molecule has 0 amide bonds. The van der Waals surface area contributed by atoms with Crippen LogP contribution in [0.5, 0.6) is 0 Å². The molecule has 0 saturated carbocycles. The molecule has 1 heterocycles. The zero-order chi connectivity index (χ0) is 11.3. The summed E-state index contributed by atoms with van der Waals surface area (Å²) in [6.45, 7) is 8.51. The number of nitrogens with zero attached hydrogens (tertiary/aromatic N) is 3. The lowest BCUT2D eigenvalue weighted by molar-refractivity contribution is 0.255. The summed E-state index contributed by atoms with van der Waals surface area (Å²) in [6.07, 6.45) is 1.21. The first-order valence-electron chi connectivity index (χ1n) is 5.84. The van der Waals surface area contributed by atoms with Crippen molar-refractivity contribution in [1.29, 1.82) is 0 Å². The molecule has 0 bridgehead atoms. The standard InChI is InChI=1S/C11H24N4/c1-5-10(2)14(3)8-6-12-11-13-7-9-15(11)4/h10H,5-9H2,1-4H3,(H,12,13). The van der Waals surface area contributed by atoms with E-state index in [9.17, 15) is 0 Å². The molecule has 0 aromatic carbocycles. The van der Waals surface area contributed by atoms with Crippen LogP contribution in [0.4, 0.5) is 0 Å². The fourth-order valence-corrected chi connectivity index (χ4v) is 1.60. The fourth-order valence-electron chi connectivity index (χ4n) is 1.60. The Balaban J connectivity index is 2.16. The highest BCUT2D eigenvalue weighted by molar-refractivity contribution is 5.81. The van der Waals surface area contributed by atoms with Crippen LogP contribution in [-0.2, 0) is 0 Å². The van der Waals surface area contributed by atoms with E-state index >= 15 is 0 Å². The van der Waals surface area contributed by atoms with Crippen molar-refractivity contribution < 1.29 is 0 Å². The van der Waals surface area contributed by atoms with Gasteiger partial charge in [-0.2, -0.15) is 0 Å². The van der Waals surface area contributed by atoms with E-state index in [0.717, 1.165) is 32.1 Å². The van der Waals surface area contributed by atoms with E-state index in [4.69, 9.17) is 0 Å². The molecule has 1 N–H and O–H groups in total. The van der Waals surface area contributed by atoms with Gasteiger partial charge in [-0.25, -0.2) is 0 Å². The van der Waals surface area contributed by atoms with Crippen LogP contribution in [0.1, 0.15) is 20.3 Å². The first-order valence-corrected chi connectivity index (χ1v) is 5.84. The molecule has 15 heavy (non-hydrogen) atoms. The molecule has 0 radical (unpaired) electrons. The van der Waals surface area contributed by atoms with Crippen molar-refractivity contribution in [1.82, 2.24) is 15.1 Å². The summed E-state index contributed by atoms with van der Waals surface area (Å²) in [6, 6.07) is 0.662. The molecule has 1 rings (SSSR count). The number of hydrogen-bond donors (Lipinski definition) is 1. The largest absolute Gasteiger partial charge is 0.355 e. The minimum atomic E-state index is 0.662. The average Bonchev–Trinajstić information content (AvgIpc) is 2.63. The van der Waals surface area contributed by atoms with Gasteiger partial charge in [0.05, 0.1) is 6.54 Å². The number of hydrogen-bond acceptors (Lipinski definition) is 4. The lowest BCUT2D eigenvalue weighted by atomic mass is 10.2.